The molecule has 0 bridgehead atoms. The van der Waals surface area contributed by atoms with Gasteiger partial charge in [0.15, 0.2) is 0 Å². The molecule has 0 aliphatic heterocycles. The maximum Gasteiger partial charge on any atom is 0.303 e. The Morgan fingerprint density at radius 2 is 2.04 bits per heavy atom. The Balaban J connectivity index is 1.84. The summed E-state index contributed by atoms with van der Waals surface area (Å²) >= 11 is 0. The lowest BCUT2D eigenvalue weighted by Crippen LogP contribution is -2.07. The molecule has 0 aliphatic rings. The van der Waals surface area contributed by atoms with E-state index in [4.69, 9.17) is 5.11 Å². The fourth-order valence-electron chi connectivity index (χ4n) is 1.87. The maximum atomic E-state index is 12.8. The summed E-state index contributed by atoms with van der Waals surface area (Å²) in [5, 5.41) is 15.2. The van der Waals surface area contributed by atoms with E-state index in [2.05, 4.69) is 10.4 Å². The lowest BCUT2D eigenvalue weighted by Gasteiger charge is -1.99. The zero-order chi connectivity index (χ0) is 16.7. The molecule has 1 aromatic heterocycles. The van der Waals surface area contributed by atoms with Crippen molar-refractivity contribution in [2.75, 3.05) is 5.32 Å². The Labute approximate surface area is 132 Å². The first kappa shape index (κ1) is 16.4. The van der Waals surface area contributed by atoms with Crippen LogP contribution < -0.4 is 5.32 Å². The summed E-state index contributed by atoms with van der Waals surface area (Å²) in [6, 6.07) is 5.77. The van der Waals surface area contributed by atoms with Crippen LogP contribution in [0.5, 0.6) is 0 Å². The van der Waals surface area contributed by atoms with Gasteiger partial charge >= 0.3 is 5.97 Å². The van der Waals surface area contributed by atoms with Crippen molar-refractivity contribution >= 4 is 23.6 Å². The van der Waals surface area contributed by atoms with Gasteiger partial charge in [-0.25, -0.2) is 4.39 Å². The molecule has 2 N–H and O–H groups in total. The molecule has 7 heteroatoms. The van der Waals surface area contributed by atoms with Gasteiger partial charge in [-0.1, -0.05) is 12.1 Å². The van der Waals surface area contributed by atoms with Crippen LogP contribution in [-0.4, -0.2) is 26.8 Å². The van der Waals surface area contributed by atoms with Crippen LogP contribution in [0.4, 0.5) is 10.1 Å². The molecule has 1 aromatic carbocycles. The van der Waals surface area contributed by atoms with Crippen LogP contribution in [0.2, 0.25) is 0 Å². The summed E-state index contributed by atoms with van der Waals surface area (Å²) in [7, 11) is 0. The van der Waals surface area contributed by atoms with Crippen molar-refractivity contribution in [3.8, 4) is 0 Å². The molecule has 2 rings (SSSR count). The van der Waals surface area contributed by atoms with E-state index in [1.165, 1.54) is 24.4 Å². The molecule has 1 amide bonds. The molecule has 0 spiro atoms. The molecule has 120 valence electrons. The van der Waals surface area contributed by atoms with Gasteiger partial charge in [0.2, 0.25) is 5.91 Å². The molecule has 0 atom stereocenters. The van der Waals surface area contributed by atoms with Crippen LogP contribution in [0.1, 0.15) is 18.4 Å². The molecule has 6 nitrogen and oxygen atoms in total. The van der Waals surface area contributed by atoms with E-state index < -0.39 is 5.97 Å². The van der Waals surface area contributed by atoms with Crippen molar-refractivity contribution in [3.05, 3.63) is 54.1 Å². The van der Waals surface area contributed by atoms with Gasteiger partial charge in [-0.15, -0.1) is 0 Å². The number of amides is 1. The van der Waals surface area contributed by atoms with E-state index in [1.54, 1.807) is 29.1 Å². The summed E-state index contributed by atoms with van der Waals surface area (Å²) in [6.07, 6.45) is 6.58. The van der Waals surface area contributed by atoms with E-state index >= 15 is 0 Å². The smallest absolute Gasteiger partial charge is 0.303 e. The Bertz CT molecular complexity index is 708. The van der Waals surface area contributed by atoms with Gasteiger partial charge in [-0.05, 0) is 30.2 Å². The minimum atomic E-state index is -0.850. The second-order valence-electron chi connectivity index (χ2n) is 4.86. The van der Waals surface area contributed by atoms with E-state index in [9.17, 15) is 14.0 Å². The highest BCUT2D eigenvalue weighted by Crippen LogP contribution is 2.08. The topological polar surface area (TPSA) is 84.2 Å². The number of hydrogen-bond donors (Lipinski definition) is 2. The summed E-state index contributed by atoms with van der Waals surface area (Å²) in [5.41, 5.74) is 1.24. The fraction of sp³-hybridized carbons (Fsp3) is 0.188. The zero-order valence-electron chi connectivity index (χ0n) is 12.3. The lowest BCUT2D eigenvalue weighted by atomic mass is 10.2. The normalized spacial score (nSPS) is 10.8. The molecule has 1 heterocycles. The number of anilines is 1. The van der Waals surface area contributed by atoms with Crippen LogP contribution in [0.3, 0.4) is 0 Å². The lowest BCUT2D eigenvalue weighted by molar-refractivity contribution is -0.137. The van der Waals surface area contributed by atoms with Crippen molar-refractivity contribution in [3.63, 3.8) is 0 Å². The number of carbonyl (C=O) groups is 2. The molecule has 23 heavy (non-hydrogen) atoms. The number of carboxylic acid groups (broad SMARTS) is 1. The van der Waals surface area contributed by atoms with Gasteiger partial charge in [-0.2, -0.15) is 5.10 Å². The van der Waals surface area contributed by atoms with Crippen molar-refractivity contribution in [1.29, 1.82) is 0 Å². The fourth-order valence-corrected chi connectivity index (χ4v) is 1.87. The SMILES string of the molecule is O=C(O)CCCn1cc(NC(=O)/C=C/c2ccc(F)cc2)cn1. The summed E-state index contributed by atoms with van der Waals surface area (Å²) in [6.45, 7) is 0.466. The number of nitrogens with one attached hydrogen (secondary N) is 1. The van der Waals surface area contributed by atoms with E-state index in [0.29, 0.717) is 24.2 Å². The highest BCUT2D eigenvalue weighted by Gasteiger charge is 2.03. The Hall–Kier alpha value is -2.96. The molecule has 0 fully saturated rings. The minimum Gasteiger partial charge on any atom is -0.481 e. The minimum absolute atomic E-state index is 0.0714. The van der Waals surface area contributed by atoms with Gasteiger partial charge in [0, 0.05) is 25.2 Å². The largest absolute Gasteiger partial charge is 0.481 e. The third-order valence-corrected chi connectivity index (χ3v) is 2.98. The van der Waals surface area contributed by atoms with E-state index in [0.717, 1.165) is 0 Å². The van der Waals surface area contributed by atoms with Gasteiger partial charge in [0.25, 0.3) is 0 Å². The van der Waals surface area contributed by atoms with Crippen molar-refractivity contribution in [2.24, 2.45) is 0 Å². The van der Waals surface area contributed by atoms with Crippen LogP contribution in [-0.2, 0) is 16.1 Å². The number of carbonyl (C=O) groups excluding carboxylic acids is 1. The van der Waals surface area contributed by atoms with Crippen molar-refractivity contribution in [2.45, 2.75) is 19.4 Å². The van der Waals surface area contributed by atoms with Gasteiger partial charge in [-0.3, -0.25) is 14.3 Å². The molecule has 0 unspecified atom stereocenters. The number of carboxylic acids is 1. The number of aryl methyl sites for hydroxylation is 1. The highest BCUT2D eigenvalue weighted by atomic mass is 19.1. The van der Waals surface area contributed by atoms with Gasteiger partial charge < -0.3 is 10.4 Å². The number of aliphatic carboxylic acids is 1. The molecule has 0 radical (unpaired) electrons. The number of nitrogens with zero attached hydrogens (tertiary/aromatic N) is 2. The maximum absolute atomic E-state index is 12.8. The molecule has 0 saturated heterocycles. The predicted molar refractivity (Wildman–Crippen MR) is 83.2 cm³/mol. The third-order valence-electron chi connectivity index (χ3n) is 2.98. The second kappa shape index (κ2) is 7.88. The van der Waals surface area contributed by atoms with Crippen molar-refractivity contribution < 1.29 is 19.1 Å². The predicted octanol–water partition coefficient (Wildman–Crippen LogP) is 2.54. The Morgan fingerprint density at radius 3 is 2.74 bits per heavy atom. The standard InChI is InChI=1S/C16H16FN3O3/c17-13-6-3-12(4-7-13)5-8-15(21)19-14-10-18-20(11-14)9-1-2-16(22)23/h3-8,10-11H,1-2,9H2,(H,19,21)(H,22,23)/b8-5+. The first-order valence-corrected chi connectivity index (χ1v) is 7.02. The molecule has 0 saturated carbocycles. The van der Waals surface area contributed by atoms with Crippen LogP contribution in [0, 0.1) is 5.82 Å². The average molecular weight is 317 g/mol. The average Bonchev–Trinajstić information content (AvgIpc) is 2.94. The van der Waals surface area contributed by atoms with Crippen LogP contribution in [0.25, 0.3) is 6.08 Å². The molecular weight excluding hydrogens is 301 g/mol. The highest BCUT2D eigenvalue weighted by molar-refractivity contribution is 6.01. The van der Waals surface area contributed by atoms with Crippen LogP contribution in [0.15, 0.2) is 42.7 Å². The molecular formula is C16H16FN3O3. The number of benzene rings is 1. The number of rotatable bonds is 7. The van der Waals surface area contributed by atoms with Gasteiger partial charge in [0.05, 0.1) is 11.9 Å². The van der Waals surface area contributed by atoms with E-state index in [-0.39, 0.29) is 18.1 Å². The number of halogens is 1. The van der Waals surface area contributed by atoms with Gasteiger partial charge in [0.1, 0.15) is 5.82 Å². The monoisotopic (exact) mass is 317 g/mol. The molecule has 2 aromatic rings. The zero-order valence-corrected chi connectivity index (χ0v) is 12.3. The Morgan fingerprint density at radius 1 is 1.30 bits per heavy atom. The van der Waals surface area contributed by atoms with Crippen molar-refractivity contribution in [1.82, 2.24) is 9.78 Å². The number of aromatic nitrogens is 2. The summed E-state index contributed by atoms with van der Waals surface area (Å²) in [4.78, 5) is 22.2. The summed E-state index contributed by atoms with van der Waals surface area (Å²) < 4.78 is 14.3. The Kier molecular flexibility index (Phi) is 5.62. The first-order chi connectivity index (χ1) is 11.0. The van der Waals surface area contributed by atoms with Crippen LogP contribution >= 0.6 is 0 Å². The first-order valence-electron chi connectivity index (χ1n) is 7.02. The summed E-state index contributed by atoms with van der Waals surface area (Å²) in [5.74, 6) is -1.52. The van der Waals surface area contributed by atoms with E-state index in [1.807, 2.05) is 0 Å². The quantitative estimate of drug-likeness (QED) is 0.769. The second-order valence-corrected chi connectivity index (χ2v) is 4.86. The molecule has 0 aliphatic carbocycles. The number of hydrogen-bond acceptors (Lipinski definition) is 3. The third kappa shape index (κ3) is 5.74.